The van der Waals surface area contributed by atoms with Crippen molar-refractivity contribution < 1.29 is 5.11 Å². The van der Waals surface area contributed by atoms with Gasteiger partial charge in [0.05, 0.1) is 17.5 Å². The van der Waals surface area contributed by atoms with Crippen LogP contribution >= 0.6 is 0 Å². The van der Waals surface area contributed by atoms with Gasteiger partial charge >= 0.3 is 0 Å². The molecule has 0 amide bonds. The van der Waals surface area contributed by atoms with Crippen molar-refractivity contribution in [1.29, 1.82) is 0 Å². The highest BCUT2D eigenvalue weighted by atomic mass is 16.3. The van der Waals surface area contributed by atoms with Gasteiger partial charge in [-0.05, 0) is 18.6 Å². The molecule has 1 atom stereocenters. The number of rotatable bonds is 3. The predicted octanol–water partition coefficient (Wildman–Crippen LogP) is 3.44. The van der Waals surface area contributed by atoms with Gasteiger partial charge in [-0.25, -0.2) is 4.98 Å². The lowest BCUT2D eigenvalue weighted by Gasteiger charge is -2.10. The van der Waals surface area contributed by atoms with E-state index in [9.17, 15) is 5.11 Å². The number of fused-ring (bicyclic) bond motifs is 1. The summed E-state index contributed by atoms with van der Waals surface area (Å²) in [5.74, 6) is 0. The zero-order valence-electron chi connectivity index (χ0n) is 10.8. The van der Waals surface area contributed by atoms with Gasteiger partial charge in [0.25, 0.3) is 0 Å². The smallest absolute Gasteiger partial charge is 0.137 e. The van der Waals surface area contributed by atoms with Crippen LogP contribution in [0.25, 0.3) is 16.9 Å². The highest BCUT2D eigenvalue weighted by Gasteiger charge is 2.19. The maximum Gasteiger partial charge on any atom is 0.137 e. The van der Waals surface area contributed by atoms with E-state index in [0.717, 1.165) is 22.6 Å². The maximum atomic E-state index is 10.3. The maximum absolute atomic E-state index is 10.3. The third-order valence-corrected chi connectivity index (χ3v) is 3.32. The van der Waals surface area contributed by atoms with Gasteiger partial charge < -0.3 is 9.51 Å². The second-order valence-corrected chi connectivity index (χ2v) is 4.56. The van der Waals surface area contributed by atoms with E-state index in [1.54, 1.807) is 0 Å². The van der Waals surface area contributed by atoms with Gasteiger partial charge in [-0.1, -0.05) is 43.3 Å². The molecule has 1 aromatic carbocycles. The third-order valence-electron chi connectivity index (χ3n) is 3.32. The Bertz CT molecular complexity index is 688. The summed E-state index contributed by atoms with van der Waals surface area (Å²) in [4.78, 5) is 4.65. The predicted molar refractivity (Wildman–Crippen MR) is 75.9 cm³/mol. The molecule has 0 spiro atoms. The van der Waals surface area contributed by atoms with Gasteiger partial charge in [-0.3, -0.25) is 0 Å². The zero-order chi connectivity index (χ0) is 13.2. The molecule has 3 aromatic rings. The Kier molecular flexibility index (Phi) is 3.05. The molecule has 3 nitrogen and oxygen atoms in total. The Morgan fingerprint density at radius 3 is 2.58 bits per heavy atom. The summed E-state index contributed by atoms with van der Waals surface area (Å²) >= 11 is 0. The largest absolute Gasteiger partial charge is 0.387 e. The van der Waals surface area contributed by atoms with Crippen LogP contribution in [-0.2, 0) is 0 Å². The van der Waals surface area contributed by atoms with E-state index in [0.29, 0.717) is 6.42 Å². The lowest BCUT2D eigenvalue weighted by atomic mass is 10.1. The molecule has 0 saturated heterocycles. The van der Waals surface area contributed by atoms with Crippen molar-refractivity contribution in [3.05, 3.63) is 60.4 Å². The average Bonchev–Trinajstić information content (AvgIpc) is 2.87. The molecule has 2 aromatic heterocycles. The highest BCUT2D eigenvalue weighted by molar-refractivity contribution is 5.67. The van der Waals surface area contributed by atoms with Crippen LogP contribution in [0.2, 0.25) is 0 Å². The number of hydrogen-bond acceptors (Lipinski definition) is 2. The van der Waals surface area contributed by atoms with E-state index in [2.05, 4.69) is 4.98 Å². The third kappa shape index (κ3) is 2.02. The minimum atomic E-state index is -0.507. The summed E-state index contributed by atoms with van der Waals surface area (Å²) in [6, 6.07) is 15.9. The fraction of sp³-hybridized carbons (Fsp3) is 0.188. The van der Waals surface area contributed by atoms with Crippen molar-refractivity contribution in [2.45, 2.75) is 19.4 Å². The number of aromatic nitrogens is 2. The van der Waals surface area contributed by atoms with Crippen molar-refractivity contribution in [2.24, 2.45) is 0 Å². The van der Waals surface area contributed by atoms with Gasteiger partial charge in [0.15, 0.2) is 0 Å². The van der Waals surface area contributed by atoms with E-state index in [-0.39, 0.29) is 0 Å². The van der Waals surface area contributed by atoms with Gasteiger partial charge in [-0.15, -0.1) is 0 Å². The molecule has 19 heavy (non-hydrogen) atoms. The lowest BCUT2D eigenvalue weighted by molar-refractivity contribution is 0.168. The van der Waals surface area contributed by atoms with Gasteiger partial charge in [-0.2, -0.15) is 0 Å². The topological polar surface area (TPSA) is 37.5 Å². The van der Waals surface area contributed by atoms with Crippen LogP contribution in [0.1, 0.15) is 25.1 Å². The van der Waals surface area contributed by atoms with Crippen LogP contribution in [0, 0.1) is 0 Å². The fourth-order valence-corrected chi connectivity index (χ4v) is 2.33. The first-order valence-corrected chi connectivity index (χ1v) is 6.51. The standard InChI is InChI=1S/C16H16N2O/c1-2-13(19)16-15(12-8-4-3-5-9-12)17-14-10-6-7-11-18(14)16/h3-11,13,19H,2H2,1H3. The van der Waals surface area contributed by atoms with Gasteiger partial charge in [0.2, 0.25) is 0 Å². The normalized spacial score (nSPS) is 12.7. The van der Waals surface area contributed by atoms with E-state index in [1.807, 2.05) is 66.1 Å². The molecule has 0 saturated carbocycles. The monoisotopic (exact) mass is 252 g/mol. The molecule has 0 aliphatic heterocycles. The number of pyridine rings is 1. The van der Waals surface area contributed by atoms with E-state index in [4.69, 9.17) is 0 Å². The second-order valence-electron chi connectivity index (χ2n) is 4.56. The minimum absolute atomic E-state index is 0.507. The van der Waals surface area contributed by atoms with Crippen molar-refractivity contribution in [1.82, 2.24) is 9.38 Å². The molecule has 96 valence electrons. The van der Waals surface area contributed by atoms with Crippen LogP contribution in [0.5, 0.6) is 0 Å². The Morgan fingerprint density at radius 2 is 1.84 bits per heavy atom. The molecule has 0 radical (unpaired) electrons. The van der Waals surface area contributed by atoms with Crippen LogP contribution in [-0.4, -0.2) is 14.5 Å². The fourth-order valence-electron chi connectivity index (χ4n) is 2.33. The number of imidazole rings is 1. The molecule has 1 unspecified atom stereocenters. The summed E-state index contributed by atoms with van der Waals surface area (Å²) in [6.45, 7) is 1.97. The van der Waals surface area contributed by atoms with Crippen LogP contribution in [0.3, 0.4) is 0 Å². The number of aliphatic hydroxyl groups excluding tert-OH is 1. The quantitative estimate of drug-likeness (QED) is 0.775. The van der Waals surface area contributed by atoms with Crippen molar-refractivity contribution in [3.8, 4) is 11.3 Å². The Balaban J connectivity index is 2.29. The van der Waals surface area contributed by atoms with Crippen molar-refractivity contribution >= 4 is 5.65 Å². The summed E-state index contributed by atoms with van der Waals surface area (Å²) in [7, 11) is 0. The van der Waals surface area contributed by atoms with Gasteiger partial charge in [0.1, 0.15) is 5.65 Å². The molecule has 0 aliphatic carbocycles. The van der Waals surface area contributed by atoms with Crippen molar-refractivity contribution in [3.63, 3.8) is 0 Å². The Hall–Kier alpha value is -2.13. The summed E-state index contributed by atoms with van der Waals surface area (Å²) in [5.41, 5.74) is 3.63. The van der Waals surface area contributed by atoms with Crippen LogP contribution in [0.4, 0.5) is 0 Å². The van der Waals surface area contributed by atoms with Gasteiger partial charge in [0, 0.05) is 11.8 Å². The van der Waals surface area contributed by atoms with E-state index < -0.39 is 6.10 Å². The first-order chi connectivity index (χ1) is 9.31. The van der Waals surface area contributed by atoms with E-state index in [1.165, 1.54) is 0 Å². The van der Waals surface area contributed by atoms with Crippen LogP contribution < -0.4 is 0 Å². The molecule has 0 bridgehead atoms. The SMILES string of the molecule is CCC(O)c1c(-c2ccccc2)nc2ccccn12. The molecule has 1 N–H and O–H groups in total. The summed E-state index contributed by atoms with van der Waals surface area (Å²) < 4.78 is 1.97. The minimum Gasteiger partial charge on any atom is -0.387 e. The number of nitrogens with zero attached hydrogens (tertiary/aromatic N) is 2. The summed E-state index contributed by atoms with van der Waals surface area (Å²) in [6.07, 6.45) is 2.11. The molecule has 3 heteroatoms. The molecule has 0 fully saturated rings. The highest BCUT2D eigenvalue weighted by Crippen LogP contribution is 2.30. The molecular formula is C16H16N2O. The first kappa shape index (κ1) is 11.9. The molecule has 0 aliphatic rings. The number of benzene rings is 1. The lowest BCUT2D eigenvalue weighted by Crippen LogP contribution is -2.02. The molecular weight excluding hydrogens is 236 g/mol. The second kappa shape index (κ2) is 4.86. The zero-order valence-corrected chi connectivity index (χ0v) is 10.8. The molecule has 2 heterocycles. The Morgan fingerprint density at radius 1 is 1.11 bits per heavy atom. The average molecular weight is 252 g/mol. The molecule has 3 rings (SSSR count). The number of hydrogen-bond donors (Lipinski definition) is 1. The van der Waals surface area contributed by atoms with Crippen LogP contribution in [0.15, 0.2) is 54.7 Å². The van der Waals surface area contributed by atoms with E-state index >= 15 is 0 Å². The number of aliphatic hydroxyl groups is 1. The first-order valence-electron chi connectivity index (χ1n) is 6.51. The Labute approximate surface area is 112 Å². The van der Waals surface area contributed by atoms with Crippen molar-refractivity contribution in [2.75, 3.05) is 0 Å². The summed E-state index contributed by atoms with van der Waals surface area (Å²) in [5, 5.41) is 10.3.